The number of anilines is 1. The minimum absolute atomic E-state index is 0.142. The molecule has 3 atom stereocenters. The Kier molecular flexibility index (Phi) is 5.92. The van der Waals surface area contributed by atoms with Gasteiger partial charge in [0.25, 0.3) is 0 Å². The molecule has 9 nitrogen and oxygen atoms in total. The van der Waals surface area contributed by atoms with Crippen LogP contribution in [0, 0.1) is 11.8 Å². The number of primary amides is 1. The molecule has 2 bridgehead atoms. The zero-order valence-corrected chi connectivity index (χ0v) is 21.5. The van der Waals surface area contributed by atoms with Crippen LogP contribution < -0.4 is 11.1 Å². The highest BCUT2D eigenvalue weighted by molar-refractivity contribution is 6.34. The molecule has 1 saturated carbocycles. The zero-order chi connectivity index (χ0) is 25.7. The predicted octanol–water partition coefficient (Wildman–Crippen LogP) is 3.17. The molecule has 1 aliphatic heterocycles. The maximum atomic E-state index is 12.2. The molecule has 10 heteroatoms. The number of imidazole rings is 1. The van der Waals surface area contributed by atoms with Gasteiger partial charge in [0, 0.05) is 45.2 Å². The van der Waals surface area contributed by atoms with Gasteiger partial charge < -0.3 is 20.9 Å². The minimum atomic E-state index is -0.551. The fourth-order valence-corrected chi connectivity index (χ4v) is 6.21. The van der Waals surface area contributed by atoms with E-state index in [-0.39, 0.29) is 17.7 Å². The summed E-state index contributed by atoms with van der Waals surface area (Å²) in [6.45, 7) is 5.77. The van der Waals surface area contributed by atoms with Gasteiger partial charge in [0.2, 0.25) is 11.8 Å². The molecule has 6 rings (SSSR count). The topological polar surface area (TPSA) is 120 Å². The smallest absolute Gasteiger partial charge is 0.223 e. The maximum Gasteiger partial charge on any atom is 0.223 e. The van der Waals surface area contributed by atoms with Crippen molar-refractivity contribution < 1.29 is 9.59 Å². The molecule has 2 amide bonds. The van der Waals surface area contributed by atoms with Crippen LogP contribution in [0.15, 0.2) is 42.6 Å². The molecule has 2 aromatic heterocycles. The van der Waals surface area contributed by atoms with Crippen molar-refractivity contribution in [3.63, 3.8) is 0 Å². The number of pyridine rings is 1. The van der Waals surface area contributed by atoms with Crippen LogP contribution in [0.3, 0.4) is 0 Å². The highest BCUT2D eigenvalue weighted by Crippen LogP contribution is 2.49. The van der Waals surface area contributed by atoms with Gasteiger partial charge in [0.1, 0.15) is 11.3 Å². The number of carbonyl (C=O) groups is 2. The quantitative estimate of drug-likeness (QED) is 0.430. The lowest BCUT2D eigenvalue weighted by atomic mass is 9.85. The monoisotopic (exact) mass is 519 g/mol. The molecular weight excluding hydrogens is 490 g/mol. The van der Waals surface area contributed by atoms with E-state index >= 15 is 0 Å². The molecule has 1 saturated heterocycles. The summed E-state index contributed by atoms with van der Waals surface area (Å²) in [6.07, 6.45) is 7.37. The average Bonchev–Trinajstić information content (AvgIpc) is 3.60. The number of benzene rings is 1. The van der Waals surface area contributed by atoms with Gasteiger partial charge in [0.15, 0.2) is 5.65 Å². The first-order valence-electron chi connectivity index (χ1n) is 12.7. The van der Waals surface area contributed by atoms with Gasteiger partial charge in [-0.2, -0.15) is 0 Å². The zero-order valence-electron chi connectivity index (χ0n) is 20.7. The molecule has 4 N–H and O–H groups in total. The van der Waals surface area contributed by atoms with Crippen LogP contribution in [0.4, 0.5) is 5.69 Å². The summed E-state index contributed by atoms with van der Waals surface area (Å²) < 4.78 is 0. The molecule has 192 valence electrons. The van der Waals surface area contributed by atoms with Crippen LogP contribution in [-0.4, -0.2) is 68.3 Å². The van der Waals surface area contributed by atoms with Crippen molar-refractivity contribution in [1.29, 1.82) is 0 Å². The highest BCUT2D eigenvalue weighted by atomic mass is 35.5. The van der Waals surface area contributed by atoms with Crippen molar-refractivity contribution in [3.05, 3.63) is 53.2 Å². The van der Waals surface area contributed by atoms with Crippen molar-refractivity contribution in [1.82, 2.24) is 24.8 Å². The Morgan fingerprint density at radius 3 is 2.65 bits per heavy atom. The molecule has 1 aromatic carbocycles. The third-order valence-corrected chi connectivity index (χ3v) is 8.33. The Labute approximate surface area is 220 Å². The number of hydrogen-bond donors (Lipinski definition) is 3. The molecule has 0 spiro atoms. The number of hydrogen-bond acceptors (Lipinski definition) is 6. The molecule has 0 radical (unpaired) electrons. The lowest BCUT2D eigenvalue weighted by Gasteiger charge is -2.34. The van der Waals surface area contributed by atoms with E-state index in [4.69, 9.17) is 22.3 Å². The molecule has 3 aromatic rings. The van der Waals surface area contributed by atoms with Gasteiger partial charge in [-0.1, -0.05) is 48.0 Å². The Morgan fingerprint density at radius 1 is 1.22 bits per heavy atom. The highest BCUT2D eigenvalue weighted by Gasteiger charge is 2.51. The predicted molar refractivity (Wildman–Crippen MR) is 143 cm³/mol. The second kappa shape index (κ2) is 9.15. The van der Waals surface area contributed by atoms with Crippen molar-refractivity contribution in [3.8, 4) is 11.4 Å². The van der Waals surface area contributed by atoms with E-state index in [2.05, 4.69) is 56.6 Å². The lowest BCUT2D eigenvalue weighted by Crippen LogP contribution is -2.47. The standard InChI is InChI=1S/C27H30ClN7O2/c1-16(36)35-10-8-34(9-11-35)15-17-2-4-19(5-3-17)25-31-23-22(21(28)14-30-26(23)32-25)33-27-7-6-18(13-27)12-20(27)24(29)37/h2-7,14,18,20H,8-13,15H2,1H3,(H2,29,37)(H2,30,31,32,33). The van der Waals surface area contributed by atoms with E-state index in [1.54, 1.807) is 13.1 Å². The SMILES string of the molecule is CC(=O)N1CCN(Cc2ccc(-c3nc4c(NC56C=CC(CC5C(N)=O)C6)c(Cl)cnc4[nH]3)cc2)CC1. The van der Waals surface area contributed by atoms with Crippen molar-refractivity contribution >= 4 is 40.3 Å². The Balaban J connectivity index is 1.22. The number of aromatic nitrogens is 3. The van der Waals surface area contributed by atoms with Gasteiger partial charge in [-0.25, -0.2) is 9.97 Å². The van der Waals surface area contributed by atoms with E-state index in [1.165, 1.54) is 5.56 Å². The normalized spacial score (nSPS) is 25.2. The molecule has 37 heavy (non-hydrogen) atoms. The molecule has 3 aliphatic rings. The first-order chi connectivity index (χ1) is 17.8. The fraction of sp³-hybridized carbons (Fsp3) is 0.407. The molecular formula is C27H30ClN7O2. The number of rotatable bonds is 6. The van der Waals surface area contributed by atoms with Crippen LogP contribution in [0.2, 0.25) is 5.02 Å². The van der Waals surface area contributed by atoms with E-state index in [0.717, 1.165) is 51.1 Å². The number of H-pyrrole nitrogens is 1. The van der Waals surface area contributed by atoms with Gasteiger partial charge in [-0.05, 0) is 24.3 Å². The first-order valence-corrected chi connectivity index (χ1v) is 13.1. The number of fused-ring (bicyclic) bond motifs is 3. The molecule has 2 fully saturated rings. The number of nitrogens with two attached hydrogens (primary N) is 1. The largest absolute Gasteiger partial charge is 0.372 e. The van der Waals surface area contributed by atoms with Crippen molar-refractivity contribution in [2.45, 2.75) is 31.8 Å². The third kappa shape index (κ3) is 4.36. The van der Waals surface area contributed by atoms with E-state index in [0.29, 0.717) is 33.6 Å². The number of carbonyl (C=O) groups excluding carboxylic acids is 2. The minimum Gasteiger partial charge on any atom is -0.372 e. The summed E-state index contributed by atoms with van der Waals surface area (Å²) in [6, 6.07) is 8.32. The summed E-state index contributed by atoms with van der Waals surface area (Å²) >= 11 is 6.59. The van der Waals surface area contributed by atoms with Crippen molar-refractivity contribution in [2.24, 2.45) is 17.6 Å². The van der Waals surface area contributed by atoms with Crippen LogP contribution in [0.1, 0.15) is 25.3 Å². The fourth-order valence-electron chi connectivity index (χ4n) is 6.03. The van der Waals surface area contributed by atoms with Crippen LogP contribution in [0.25, 0.3) is 22.6 Å². The lowest BCUT2D eigenvalue weighted by molar-refractivity contribution is -0.130. The van der Waals surface area contributed by atoms with Gasteiger partial charge >= 0.3 is 0 Å². The third-order valence-electron chi connectivity index (χ3n) is 8.05. The van der Waals surface area contributed by atoms with Gasteiger partial charge in [0.05, 0.1) is 28.4 Å². The van der Waals surface area contributed by atoms with Crippen molar-refractivity contribution in [2.75, 3.05) is 31.5 Å². The van der Waals surface area contributed by atoms with Gasteiger partial charge in [-0.15, -0.1) is 0 Å². The number of piperazine rings is 1. The number of halogens is 1. The van der Waals surface area contributed by atoms with Gasteiger partial charge in [-0.3, -0.25) is 14.5 Å². The Morgan fingerprint density at radius 2 is 1.97 bits per heavy atom. The van der Waals surface area contributed by atoms with Crippen LogP contribution in [-0.2, 0) is 16.1 Å². The Bertz CT molecular complexity index is 1390. The number of aromatic amines is 1. The summed E-state index contributed by atoms with van der Waals surface area (Å²) in [5, 5.41) is 4.00. The average molecular weight is 520 g/mol. The molecule has 3 unspecified atom stereocenters. The number of nitrogens with zero attached hydrogens (tertiary/aromatic N) is 4. The number of amides is 2. The second-order valence-corrected chi connectivity index (χ2v) is 10.8. The van der Waals surface area contributed by atoms with E-state index in [9.17, 15) is 9.59 Å². The van der Waals surface area contributed by atoms with Crippen LogP contribution >= 0.6 is 11.6 Å². The summed E-state index contributed by atoms with van der Waals surface area (Å²) in [4.78, 5) is 40.6. The number of nitrogens with one attached hydrogen (secondary N) is 2. The molecule has 3 heterocycles. The maximum absolute atomic E-state index is 12.2. The van der Waals surface area contributed by atoms with E-state index < -0.39 is 5.54 Å². The van der Waals surface area contributed by atoms with Crippen LogP contribution in [0.5, 0.6) is 0 Å². The molecule has 2 aliphatic carbocycles. The summed E-state index contributed by atoms with van der Waals surface area (Å²) in [5.41, 5.74) is 9.27. The first kappa shape index (κ1) is 23.9. The summed E-state index contributed by atoms with van der Waals surface area (Å²) in [7, 11) is 0. The number of allylic oxidation sites excluding steroid dienone is 1. The summed E-state index contributed by atoms with van der Waals surface area (Å²) in [5.74, 6) is 0.586. The Hall–Kier alpha value is -3.43. The van der Waals surface area contributed by atoms with E-state index in [1.807, 2.05) is 4.90 Å². The second-order valence-electron chi connectivity index (χ2n) is 10.4.